The summed E-state index contributed by atoms with van der Waals surface area (Å²) in [6.07, 6.45) is 0.693. The van der Waals surface area contributed by atoms with Crippen LogP contribution in [0.1, 0.15) is 24.8 Å². The maximum atomic E-state index is 12.2. The second-order valence-corrected chi connectivity index (χ2v) is 4.84. The smallest absolute Gasteiger partial charge is 0.332 e. The predicted octanol–water partition coefficient (Wildman–Crippen LogP) is 3.42. The molecule has 0 saturated heterocycles. The van der Waals surface area contributed by atoms with Crippen LogP contribution >= 0.6 is 23.2 Å². The van der Waals surface area contributed by atoms with Crippen molar-refractivity contribution in [2.24, 2.45) is 0 Å². The molecule has 0 aliphatic heterocycles. The van der Waals surface area contributed by atoms with Gasteiger partial charge in [0.1, 0.15) is 0 Å². The van der Waals surface area contributed by atoms with E-state index in [2.05, 4.69) is 0 Å². The van der Waals surface area contributed by atoms with Gasteiger partial charge in [-0.2, -0.15) is 0 Å². The molecular formula is C14H19Cl2NO2. The first-order chi connectivity index (χ1) is 9.22. The number of hydrogen-bond acceptors (Lipinski definition) is 3. The highest BCUT2D eigenvalue weighted by Gasteiger charge is 2.22. The topological polar surface area (TPSA) is 29.5 Å². The zero-order chi connectivity index (χ0) is 14.1. The fraction of sp³-hybridized carbons (Fsp3) is 0.500. The van der Waals surface area contributed by atoms with E-state index >= 15 is 0 Å². The van der Waals surface area contributed by atoms with E-state index in [0.29, 0.717) is 31.3 Å². The van der Waals surface area contributed by atoms with Crippen LogP contribution in [0.3, 0.4) is 0 Å². The summed E-state index contributed by atoms with van der Waals surface area (Å²) in [6.45, 7) is 2.92. The molecule has 1 aromatic carbocycles. The third kappa shape index (κ3) is 5.39. The number of carbonyl (C=O) groups excluding carboxylic acids is 1. The molecule has 0 radical (unpaired) electrons. The fourth-order valence-electron chi connectivity index (χ4n) is 1.81. The van der Waals surface area contributed by atoms with Gasteiger partial charge >= 0.3 is 5.97 Å². The Kier molecular flexibility index (Phi) is 7.87. The van der Waals surface area contributed by atoms with Crippen LogP contribution in [-0.2, 0) is 9.63 Å². The number of benzene rings is 1. The first-order valence-electron chi connectivity index (χ1n) is 6.36. The Labute approximate surface area is 124 Å². The van der Waals surface area contributed by atoms with Crippen LogP contribution < -0.4 is 0 Å². The van der Waals surface area contributed by atoms with E-state index in [4.69, 9.17) is 28.0 Å². The number of nitrogens with zero attached hydrogens (tertiary/aromatic N) is 1. The number of hydroxylamine groups is 2. The van der Waals surface area contributed by atoms with Gasteiger partial charge in [0.15, 0.2) is 0 Å². The Morgan fingerprint density at radius 2 is 1.79 bits per heavy atom. The molecule has 0 N–H and O–H groups in total. The van der Waals surface area contributed by atoms with Crippen molar-refractivity contribution in [3.63, 3.8) is 0 Å². The molecule has 0 fully saturated rings. The molecule has 19 heavy (non-hydrogen) atoms. The molecule has 1 atom stereocenters. The van der Waals surface area contributed by atoms with Gasteiger partial charge in [0, 0.05) is 24.8 Å². The minimum Gasteiger partial charge on any atom is -0.367 e. The second kappa shape index (κ2) is 9.18. The lowest BCUT2D eigenvalue weighted by atomic mass is 9.97. The minimum atomic E-state index is -0.260. The molecule has 1 rings (SSSR count). The third-order valence-electron chi connectivity index (χ3n) is 2.78. The molecular weight excluding hydrogens is 285 g/mol. The molecule has 0 aliphatic carbocycles. The van der Waals surface area contributed by atoms with Gasteiger partial charge in [-0.05, 0) is 12.0 Å². The summed E-state index contributed by atoms with van der Waals surface area (Å²) in [5.41, 5.74) is 0.965. The summed E-state index contributed by atoms with van der Waals surface area (Å²) < 4.78 is 0. The predicted molar refractivity (Wildman–Crippen MR) is 78.6 cm³/mol. The zero-order valence-corrected chi connectivity index (χ0v) is 12.5. The molecule has 0 spiro atoms. The van der Waals surface area contributed by atoms with E-state index in [9.17, 15) is 4.79 Å². The van der Waals surface area contributed by atoms with Gasteiger partial charge in [-0.25, -0.2) is 4.79 Å². The Morgan fingerprint density at radius 3 is 2.26 bits per heavy atom. The highest BCUT2D eigenvalue weighted by atomic mass is 35.5. The SMILES string of the molecule is CCC(C(=O)ON(CCCl)CCCl)c1ccccc1. The van der Waals surface area contributed by atoms with Gasteiger partial charge in [0.25, 0.3) is 0 Å². The molecule has 106 valence electrons. The van der Waals surface area contributed by atoms with Crippen LogP contribution in [0.25, 0.3) is 0 Å². The first kappa shape index (κ1) is 16.3. The lowest BCUT2D eigenvalue weighted by Gasteiger charge is -2.22. The largest absolute Gasteiger partial charge is 0.367 e. The average molecular weight is 304 g/mol. The van der Waals surface area contributed by atoms with E-state index in [1.165, 1.54) is 5.06 Å². The molecule has 5 heteroatoms. The summed E-state index contributed by atoms with van der Waals surface area (Å²) in [4.78, 5) is 17.5. The summed E-state index contributed by atoms with van der Waals surface area (Å²) in [6, 6.07) is 9.63. The van der Waals surface area contributed by atoms with E-state index in [1.807, 2.05) is 37.3 Å². The normalized spacial score (nSPS) is 12.4. The van der Waals surface area contributed by atoms with Crippen molar-refractivity contribution in [1.29, 1.82) is 0 Å². The van der Waals surface area contributed by atoms with Gasteiger partial charge in [-0.1, -0.05) is 37.3 Å². The Morgan fingerprint density at radius 1 is 1.21 bits per heavy atom. The standard InChI is InChI=1S/C14H19Cl2NO2/c1-2-13(12-6-4-3-5-7-12)14(18)19-17(10-8-15)11-9-16/h3-7,13H,2,8-11H2,1H3. The molecule has 1 aromatic rings. The van der Waals surface area contributed by atoms with Gasteiger partial charge < -0.3 is 4.84 Å². The first-order valence-corrected chi connectivity index (χ1v) is 7.43. The van der Waals surface area contributed by atoms with Crippen LogP contribution in [0, 0.1) is 0 Å². The minimum absolute atomic E-state index is 0.255. The van der Waals surface area contributed by atoms with Crippen molar-refractivity contribution in [3.8, 4) is 0 Å². The van der Waals surface area contributed by atoms with E-state index in [0.717, 1.165) is 5.56 Å². The maximum absolute atomic E-state index is 12.2. The Balaban J connectivity index is 2.68. The Bertz CT molecular complexity index is 367. The van der Waals surface area contributed by atoms with Gasteiger partial charge in [0.05, 0.1) is 5.92 Å². The van der Waals surface area contributed by atoms with Gasteiger partial charge in [-0.15, -0.1) is 28.3 Å². The molecule has 3 nitrogen and oxygen atoms in total. The molecule has 0 aliphatic rings. The average Bonchev–Trinajstić information content (AvgIpc) is 2.41. The zero-order valence-electron chi connectivity index (χ0n) is 11.0. The lowest BCUT2D eigenvalue weighted by molar-refractivity contribution is -0.190. The van der Waals surface area contributed by atoms with Crippen molar-refractivity contribution in [2.45, 2.75) is 19.3 Å². The molecule has 0 heterocycles. The van der Waals surface area contributed by atoms with Crippen LogP contribution in [0.2, 0.25) is 0 Å². The van der Waals surface area contributed by atoms with Crippen LogP contribution in [0.15, 0.2) is 30.3 Å². The molecule has 0 bridgehead atoms. The van der Waals surface area contributed by atoms with E-state index < -0.39 is 0 Å². The van der Waals surface area contributed by atoms with Crippen molar-refractivity contribution < 1.29 is 9.63 Å². The number of hydrogen-bond donors (Lipinski definition) is 0. The van der Waals surface area contributed by atoms with Gasteiger partial charge in [0.2, 0.25) is 0 Å². The summed E-state index contributed by atoms with van der Waals surface area (Å²) in [5, 5.41) is 1.52. The number of rotatable bonds is 8. The molecule has 1 unspecified atom stereocenters. The Hall–Kier alpha value is -0.770. The van der Waals surface area contributed by atoms with Crippen molar-refractivity contribution in [3.05, 3.63) is 35.9 Å². The van der Waals surface area contributed by atoms with Crippen molar-refractivity contribution in [1.82, 2.24) is 5.06 Å². The molecule has 0 saturated carbocycles. The van der Waals surface area contributed by atoms with Crippen LogP contribution in [0.4, 0.5) is 0 Å². The summed E-state index contributed by atoms with van der Waals surface area (Å²) >= 11 is 11.3. The van der Waals surface area contributed by atoms with Crippen LogP contribution in [0.5, 0.6) is 0 Å². The molecule has 0 aromatic heterocycles. The number of halogens is 2. The van der Waals surface area contributed by atoms with Gasteiger partial charge in [-0.3, -0.25) is 0 Å². The maximum Gasteiger partial charge on any atom is 0.332 e. The van der Waals surface area contributed by atoms with E-state index in [1.54, 1.807) is 0 Å². The number of alkyl halides is 2. The quantitative estimate of drug-likeness (QED) is 0.544. The summed E-state index contributed by atoms with van der Waals surface area (Å²) in [5.74, 6) is 0.275. The van der Waals surface area contributed by atoms with E-state index in [-0.39, 0.29) is 11.9 Å². The highest BCUT2D eigenvalue weighted by Crippen LogP contribution is 2.21. The second-order valence-electron chi connectivity index (χ2n) is 4.09. The van der Waals surface area contributed by atoms with Crippen molar-refractivity contribution in [2.75, 3.05) is 24.8 Å². The fourth-order valence-corrected chi connectivity index (χ4v) is 2.18. The lowest BCUT2D eigenvalue weighted by Crippen LogP contribution is -2.33. The molecule has 0 amide bonds. The highest BCUT2D eigenvalue weighted by molar-refractivity contribution is 6.18. The summed E-state index contributed by atoms with van der Waals surface area (Å²) in [7, 11) is 0. The monoisotopic (exact) mass is 303 g/mol. The van der Waals surface area contributed by atoms with Crippen LogP contribution in [-0.4, -0.2) is 35.9 Å². The number of carbonyl (C=O) groups is 1. The van der Waals surface area contributed by atoms with Crippen molar-refractivity contribution >= 4 is 29.2 Å². The third-order valence-corrected chi connectivity index (χ3v) is 3.12.